The number of anilines is 1. The summed E-state index contributed by atoms with van der Waals surface area (Å²) in [5.74, 6) is -0.194. The number of fused-ring (bicyclic) bond motifs is 1. The number of amides is 1. The molecule has 2 heterocycles. The van der Waals surface area contributed by atoms with Crippen LogP contribution in [0.4, 0.5) is 11.4 Å². The number of aromatic nitrogens is 2. The van der Waals surface area contributed by atoms with Crippen LogP contribution >= 0.6 is 23.5 Å². The van der Waals surface area contributed by atoms with Crippen molar-refractivity contribution in [2.45, 2.75) is 28.6 Å². The number of rotatable bonds is 5. The first-order chi connectivity index (χ1) is 12.3. The zero-order valence-electron chi connectivity index (χ0n) is 14.1. The van der Waals surface area contributed by atoms with E-state index >= 15 is 0 Å². The maximum atomic E-state index is 12.4. The Bertz CT molecular complexity index is 927. The van der Waals surface area contributed by atoms with Crippen molar-refractivity contribution in [1.82, 2.24) is 9.55 Å². The summed E-state index contributed by atoms with van der Waals surface area (Å²) in [6, 6.07) is 5.60. The van der Waals surface area contributed by atoms with E-state index in [4.69, 9.17) is 0 Å². The van der Waals surface area contributed by atoms with Crippen molar-refractivity contribution in [1.29, 1.82) is 0 Å². The molecule has 0 saturated heterocycles. The Morgan fingerprint density at radius 2 is 2.15 bits per heavy atom. The molecule has 0 unspecified atom stereocenters. The minimum atomic E-state index is -0.499. The van der Waals surface area contributed by atoms with Gasteiger partial charge in [-0.15, -0.1) is 11.8 Å². The highest BCUT2D eigenvalue weighted by Gasteiger charge is 2.25. The predicted molar refractivity (Wildman–Crippen MR) is 101 cm³/mol. The zero-order chi connectivity index (χ0) is 18.8. The third-order valence-electron chi connectivity index (χ3n) is 3.77. The van der Waals surface area contributed by atoms with E-state index in [1.54, 1.807) is 7.05 Å². The smallest absolute Gasteiger partial charge is 0.269 e. The molecule has 1 N–H and O–H groups in total. The van der Waals surface area contributed by atoms with Crippen molar-refractivity contribution in [2.24, 2.45) is 7.05 Å². The number of hydrogen-bond acceptors (Lipinski definition) is 7. The molecule has 136 valence electrons. The summed E-state index contributed by atoms with van der Waals surface area (Å²) >= 11 is 2.72. The van der Waals surface area contributed by atoms with Gasteiger partial charge in [0, 0.05) is 36.5 Å². The van der Waals surface area contributed by atoms with Crippen LogP contribution in [0.5, 0.6) is 0 Å². The molecule has 1 atom stereocenters. The SMILES string of the molecule is C[C@@H]1Cc2nc(SCC(=O)Nc3ccc([N+](=O)[O-])cc3)n(C)c(=O)c2S1. The minimum Gasteiger partial charge on any atom is -0.325 e. The van der Waals surface area contributed by atoms with Crippen LogP contribution in [0.1, 0.15) is 12.6 Å². The second kappa shape index (κ2) is 7.50. The highest BCUT2D eigenvalue weighted by Crippen LogP contribution is 2.33. The number of hydrogen-bond donors (Lipinski definition) is 1. The number of thioether (sulfide) groups is 2. The summed E-state index contributed by atoms with van der Waals surface area (Å²) in [7, 11) is 1.65. The Morgan fingerprint density at radius 3 is 2.81 bits per heavy atom. The summed E-state index contributed by atoms with van der Waals surface area (Å²) in [5.41, 5.74) is 1.15. The molecule has 10 heteroatoms. The van der Waals surface area contributed by atoms with Crippen molar-refractivity contribution in [3.8, 4) is 0 Å². The third-order valence-corrected chi connectivity index (χ3v) is 6.02. The molecule has 1 aromatic carbocycles. The van der Waals surface area contributed by atoms with Crippen LogP contribution in [0.2, 0.25) is 0 Å². The Labute approximate surface area is 157 Å². The monoisotopic (exact) mass is 392 g/mol. The second-order valence-electron chi connectivity index (χ2n) is 5.81. The second-order valence-corrected chi connectivity index (χ2v) is 8.20. The fourth-order valence-electron chi connectivity index (χ4n) is 2.50. The lowest BCUT2D eigenvalue weighted by molar-refractivity contribution is -0.384. The zero-order valence-corrected chi connectivity index (χ0v) is 15.7. The van der Waals surface area contributed by atoms with E-state index in [-0.39, 0.29) is 22.9 Å². The fraction of sp³-hybridized carbons (Fsp3) is 0.312. The molecule has 0 spiro atoms. The van der Waals surface area contributed by atoms with Crippen LogP contribution < -0.4 is 10.9 Å². The predicted octanol–water partition coefficient (Wildman–Crippen LogP) is 2.46. The first-order valence-corrected chi connectivity index (χ1v) is 9.65. The summed E-state index contributed by atoms with van der Waals surface area (Å²) in [5, 5.41) is 14.1. The number of nitro benzene ring substituents is 1. The van der Waals surface area contributed by atoms with Crippen molar-refractivity contribution < 1.29 is 9.72 Å². The van der Waals surface area contributed by atoms with Gasteiger partial charge in [0.05, 0.1) is 21.3 Å². The van der Waals surface area contributed by atoms with E-state index in [9.17, 15) is 19.7 Å². The van der Waals surface area contributed by atoms with Gasteiger partial charge >= 0.3 is 0 Å². The lowest BCUT2D eigenvalue weighted by atomic mass is 10.2. The van der Waals surface area contributed by atoms with Crippen LogP contribution in [0.3, 0.4) is 0 Å². The molecule has 8 nitrogen and oxygen atoms in total. The van der Waals surface area contributed by atoms with Crippen molar-refractivity contribution in [3.63, 3.8) is 0 Å². The van der Waals surface area contributed by atoms with Gasteiger partial charge in [-0.05, 0) is 12.1 Å². The summed E-state index contributed by atoms with van der Waals surface area (Å²) in [6.07, 6.45) is 0.749. The normalized spacial score (nSPS) is 15.5. The number of nitrogens with one attached hydrogen (secondary N) is 1. The fourth-order valence-corrected chi connectivity index (χ4v) is 4.43. The molecule has 0 fully saturated rings. The quantitative estimate of drug-likeness (QED) is 0.360. The van der Waals surface area contributed by atoms with E-state index in [0.717, 1.165) is 12.1 Å². The van der Waals surface area contributed by atoms with Crippen LogP contribution in [-0.2, 0) is 18.3 Å². The third kappa shape index (κ3) is 3.91. The summed E-state index contributed by atoms with van der Waals surface area (Å²) < 4.78 is 1.47. The highest BCUT2D eigenvalue weighted by molar-refractivity contribution is 8.00. The largest absolute Gasteiger partial charge is 0.325 e. The van der Waals surface area contributed by atoms with Crippen molar-refractivity contribution in [3.05, 3.63) is 50.4 Å². The van der Waals surface area contributed by atoms with Crippen molar-refractivity contribution in [2.75, 3.05) is 11.1 Å². The van der Waals surface area contributed by atoms with Gasteiger partial charge in [0.15, 0.2) is 5.16 Å². The van der Waals surface area contributed by atoms with Gasteiger partial charge < -0.3 is 5.32 Å². The maximum absolute atomic E-state index is 12.4. The van der Waals surface area contributed by atoms with Gasteiger partial charge in [0.25, 0.3) is 11.2 Å². The molecule has 26 heavy (non-hydrogen) atoms. The van der Waals surface area contributed by atoms with E-state index in [0.29, 0.717) is 21.0 Å². The molecule has 0 bridgehead atoms. The first kappa shape index (κ1) is 18.5. The van der Waals surface area contributed by atoms with Gasteiger partial charge in [-0.1, -0.05) is 18.7 Å². The van der Waals surface area contributed by atoms with Crippen LogP contribution in [-0.4, -0.2) is 31.4 Å². The number of carbonyl (C=O) groups is 1. The molecule has 1 aromatic heterocycles. The average molecular weight is 392 g/mol. The minimum absolute atomic E-state index is 0.0400. The van der Waals surface area contributed by atoms with Gasteiger partial charge in [-0.3, -0.25) is 24.3 Å². The Hall–Kier alpha value is -2.33. The molecule has 3 rings (SSSR count). The lowest BCUT2D eigenvalue weighted by Crippen LogP contribution is -2.23. The Kier molecular flexibility index (Phi) is 5.33. The molecule has 2 aromatic rings. The molecule has 1 aliphatic heterocycles. The molecule has 1 amide bonds. The number of non-ortho nitro benzene ring substituents is 1. The van der Waals surface area contributed by atoms with E-state index < -0.39 is 4.92 Å². The lowest BCUT2D eigenvalue weighted by Gasteiger charge is -2.09. The molecular formula is C16H16N4O4S2. The van der Waals surface area contributed by atoms with Crippen LogP contribution in [0.15, 0.2) is 39.1 Å². The van der Waals surface area contributed by atoms with E-state index in [1.165, 1.54) is 52.4 Å². The first-order valence-electron chi connectivity index (χ1n) is 7.79. The molecule has 0 saturated carbocycles. The standard InChI is InChI=1S/C16H16N4O4S2/c1-9-7-12-14(26-9)15(22)19(2)16(18-12)25-8-13(21)17-10-3-5-11(6-4-10)20(23)24/h3-6,9H,7-8H2,1-2H3,(H,17,21)/t9-/m1/s1. The highest BCUT2D eigenvalue weighted by atomic mass is 32.2. The van der Waals surface area contributed by atoms with E-state index in [1.807, 2.05) is 0 Å². The van der Waals surface area contributed by atoms with Crippen LogP contribution in [0, 0.1) is 10.1 Å². The Morgan fingerprint density at radius 1 is 1.46 bits per heavy atom. The summed E-state index contributed by atoms with van der Waals surface area (Å²) in [4.78, 5) is 39.8. The molecule has 0 aliphatic carbocycles. The van der Waals surface area contributed by atoms with Crippen LogP contribution in [0.25, 0.3) is 0 Å². The Balaban J connectivity index is 1.65. The average Bonchev–Trinajstić information content (AvgIpc) is 2.98. The molecular weight excluding hydrogens is 376 g/mol. The molecule has 1 aliphatic rings. The number of benzene rings is 1. The van der Waals surface area contributed by atoms with Gasteiger partial charge in [0.2, 0.25) is 5.91 Å². The van der Waals surface area contributed by atoms with Gasteiger partial charge in [0.1, 0.15) is 0 Å². The summed E-state index contributed by atoms with van der Waals surface area (Å²) in [6.45, 7) is 2.05. The molecule has 0 radical (unpaired) electrons. The number of carbonyl (C=O) groups excluding carboxylic acids is 1. The maximum Gasteiger partial charge on any atom is 0.269 e. The van der Waals surface area contributed by atoms with Gasteiger partial charge in [-0.2, -0.15) is 0 Å². The van der Waals surface area contributed by atoms with Gasteiger partial charge in [-0.25, -0.2) is 4.98 Å². The topological polar surface area (TPSA) is 107 Å². The number of nitrogens with zero attached hydrogens (tertiary/aromatic N) is 3. The van der Waals surface area contributed by atoms with E-state index in [2.05, 4.69) is 17.2 Å². The van der Waals surface area contributed by atoms with Crippen molar-refractivity contribution >= 4 is 40.8 Å². The number of nitro groups is 1.